The van der Waals surface area contributed by atoms with E-state index in [4.69, 9.17) is 4.74 Å². The Morgan fingerprint density at radius 1 is 1.00 bits per heavy atom. The summed E-state index contributed by atoms with van der Waals surface area (Å²) >= 11 is 0. The maximum absolute atomic E-state index is 12.1. The third-order valence-corrected chi connectivity index (χ3v) is 4.12. The number of methoxy groups -OCH3 is 1. The maximum atomic E-state index is 12.1. The predicted octanol–water partition coefficient (Wildman–Crippen LogP) is 2.17. The largest absolute Gasteiger partial charge is 0.496 e. The first kappa shape index (κ1) is 13.6. The van der Waals surface area contributed by atoms with Crippen molar-refractivity contribution in [3.8, 4) is 5.75 Å². The van der Waals surface area contributed by atoms with Crippen LogP contribution in [-0.4, -0.2) is 15.5 Å². The summed E-state index contributed by atoms with van der Waals surface area (Å²) in [6, 6.07) is 15.6. The molecule has 0 unspecified atom stereocenters. The molecule has 0 saturated carbocycles. The van der Waals surface area contributed by atoms with E-state index in [0.29, 0.717) is 5.75 Å². The summed E-state index contributed by atoms with van der Waals surface area (Å²) in [6.45, 7) is 0.196. The van der Waals surface area contributed by atoms with Gasteiger partial charge in [0.25, 0.3) is 0 Å². The predicted molar refractivity (Wildman–Crippen MR) is 73.5 cm³/mol. The molecule has 0 atom stereocenters. The summed E-state index contributed by atoms with van der Waals surface area (Å²) in [6.07, 6.45) is 0. The lowest BCUT2D eigenvalue weighted by molar-refractivity contribution is 0.409. The second kappa shape index (κ2) is 5.86. The molecule has 0 aromatic heterocycles. The van der Waals surface area contributed by atoms with Gasteiger partial charge in [0.05, 0.1) is 12.0 Å². The lowest BCUT2D eigenvalue weighted by Gasteiger charge is -2.10. The van der Waals surface area contributed by atoms with Gasteiger partial charge in [-0.2, -0.15) is 0 Å². The zero-order chi connectivity index (χ0) is 13.7. The fourth-order valence-corrected chi connectivity index (χ4v) is 2.73. The Labute approximate surface area is 113 Å². The van der Waals surface area contributed by atoms with Gasteiger partial charge in [-0.25, -0.2) is 13.1 Å². The van der Waals surface area contributed by atoms with Crippen molar-refractivity contribution in [3.63, 3.8) is 0 Å². The highest BCUT2D eigenvalue weighted by Crippen LogP contribution is 2.17. The molecule has 0 aliphatic carbocycles. The standard InChI is InChI=1S/C14H15NO3S/c1-18-14-10-6-5-7-12(14)11-15-19(16,17)13-8-3-2-4-9-13/h2-10,15H,11H2,1H3. The van der Waals surface area contributed by atoms with E-state index in [9.17, 15) is 8.42 Å². The molecule has 2 aromatic rings. The van der Waals surface area contributed by atoms with Crippen LogP contribution in [0.3, 0.4) is 0 Å². The molecule has 5 heteroatoms. The van der Waals surface area contributed by atoms with E-state index in [1.165, 1.54) is 0 Å². The Kier molecular flexibility index (Phi) is 4.19. The van der Waals surface area contributed by atoms with Crippen molar-refractivity contribution >= 4 is 10.0 Å². The van der Waals surface area contributed by atoms with Crippen LogP contribution in [0.25, 0.3) is 0 Å². The van der Waals surface area contributed by atoms with Gasteiger partial charge in [0, 0.05) is 12.1 Å². The zero-order valence-corrected chi connectivity index (χ0v) is 11.4. The number of nitrogens with one attached hydrogen (secondary N) is 1. The smallest absolute Gasteiger partial charge is 0.240 e. The van der Waals surface area contributed by atoms with Gasteiger partial charge in [-0.3, -0.25) is 0 Å². The average Bonchev–Trinajstić information content (AvgIpc) is 2.46. The Morgan fingerprint density at radius 2 is 1.63 bits per heavy atom. The quantitative estimate of drug-likeness (QED) is 0.911. The highest BCUT2D eigenvalue weighted by Gasteiger charge is 2.13. The van der Waals surface area contributed by atoms with Crippen LogP contribution in [0.5, 0.6) is 5.75 Å². The molecule has 4 nitrogen and oxygen atoms in total. The van der Waals surface area contributed by atoms with Crippen molar-refractivity contribution in [2.45, 2.75) is 11.4 Å². The Balaban J connectivity index is 2.15. The van der Waals surface area contributed by atoms with Crippen LogP contribution in [0, 0.1) is 0 Å². The Bertz CT molecular complexity index is 639. The summed E-state index contributed by atoms with van der Waals surface area (Å²) < 4.78 is 31.8. The molecule has 0 aliphatic rings. The summed E-state index contributed by atoms with van der Waals surface area (Å²) in [5.74, 6) is 0.665. The first-order valence-electron chi connectivity index (χ1n) is 5.80. The van der Waals surface area contributed by atoms with E-state index < -0.39 is 10.0 Å². The number of hydrogen-bond donors (Lipinski definition) is 1. The van der Waals surface area contributed by atoms with Crippen molar-refractivity contribution in [1.82, 2.24) is 4.72 Å². The minimum atomic E-state index is -3.49. The van der Waals surface area contributed by atoms with Crippen molar-refractivity contribution in [3.05, 3.63) is 60.2 Å². The van der Waals surface area contributed by atoms with E-state index in [0.717, 1.165) is 5.56 Å². The van der Waals surface area contributed by atoms with Crippen LogP contribution in [0.1, 0.15) is 5.56 Å². The van der Waals surface area contributed by atoms with Crippen molar-refractivity contribution in [1.29, 1.82) is 0 Å². The van der Waals surface area contributed by atoms with Gasteiger partial charge in [0.15, 0.2) is 0 Å². The number of benzene rings is 2. The molecule has 1 N–H and O–H groups in total. The van der Waals surface area contributed by atoms with Gasteiger partial charge in [0.1, 0.15) is 5.75 Å². The van der Waals surface area contributed by atoms with Crippen LogP contribution in [0.4, 0.5) is 0 Å². The van der Waals surface area contributed by atoms with Crippen molar-refractivity contribution in [2.24, 2.45) is 0 Å². The average molecular weight is 277 g/mol. The molecule has 0 spiro atoms. The molecule has 2 rings (SSSR count). The SMILES string of the molecule is COc1ccccc1CNS(=O)(=O)c1ccccc1. The van der Waals surface area contributed by atoms with Crippen molar-refractivity contribution < 1.29 is 13.2 Å². The fourth-order valence-electron chi connectivity index (χ4n) is 1.70. The minimum Gasteiger partial charge on any atom is -0.496 e. The number of sulfonamides is 1. The fraction of sp³-hybridized carbons (Fsp3) is 0.143. The van der Waals surface area contributed by atoms with E-state index in [1.807, 2.05) is 18.2 Å². The second-order valence-corrected chi connectivity index (χ2v) is 5.72. The molecule has 0 radical (unpaired) electrons. The molecule has 0 bridgehead atoms. The van der Waals surface area contributed by atoms with E-state index in [1.54, 1.807) is 43.5 Å². The topological polar surface area (TPSA) is 55.4 Å². The van der Waals surface area contributed by atoms with Gasteiger partial charge < -0.3 is 4.74 Å². The van der Waals surface area contributed by atoms with E-state index >= 15 is 0 Å². The number of hydrogen-bond acceptors (Lipinski definition) is 3. The molecule has 0 aliphatic heterocycles. The van der Waals surface area contributed by atoms with E-state index in [-0.39, 0.29) is 11.4 Å². The minimum absolute atomic E-state index is 0.196. The lowest BCUT2D eigenvalue weighted by atomic mass is 10.2. The summed E-state index contributed by atoms with van der Waals surface area (Å²) in [5.41, 5.74) is 0.796. The van der Waals surface area contributed by atoms with Crippen LogP contribution in [0.15, 0.2) is 59.5 Å². The third kappa shape index (κ3) is 3.33. The molecule has 0 heterocycles. The van der Waals surface area contributed by atoms with Crippen molar-refractivity contribution in [2.75, 3.05) is 7.11 Å². The molecule has 2 aromatic carbocycles. The first-order valence-corrected chi connectivity index (χ1v) is 7.28. The highest BCUT2D eigenvalue weighted by atomic mass is 32.2. The van der Waals surface area contributed by atoms with Gasteiger partial charge in [-0.05, 0) is 18.2 Å². The number of ether oxygens (including phenoxy) is 1. The van der Waals surface area contributed by atoms with Gasteiger partial charge in [-0.1, -0.05) is 36.4 Å². The monoisotopic (exact) mass is 277 g/mol. The number of para-hydroxylation sites is 1. The summed E-state index contributed by atoms with van der Waals surface area (Å²) in [5, 5.41) is 0. The zero-order valence-electron chi connectivity index (χ0n) is 10.5. The first-order chi connectivity index (χ1) is 9.13. The number of rotatable bonds is 5. The molecular formula is C14H15NO3S. The highest BCUT2D eigenvalue weighted by molar-refractivity contribution is 7.89. The molecule has 19 heavy (non-hydrogen) atoms. The van der Waals surface area contributed by atoms with Crippen LogP contribution < -0.4 is 9.46 Å². The Morgan fingerprint density at radius 3 is 2.32 bits per heavy atom. The van der Waals surface area contributed by atoms with Crippen LogP contribution in [-0.2, 0) is 16.6 Å². The normalized spacial score (nSPS) is 11.2. The molecule has 0 fully saturated rings. The van der Waals surface area contributed by atoms with Crippen LogP contribution >= 0.6 is 0 Å². The van der Waals surface area contributed by atoms with Crippen LogP contribution in [0.2, 0.25) is 0 Å². The second-order valence-electron chi connectivity index (χ2n) is 3.95. The molecule has 100 valence electrons. The summed E-state index contributed by atoms with van der Waals surface area (Å²) in [7, 11) is -1.93. The molecule has 0 saturated heterocycles. The maximum Gasteiger partial charge on any atom is 0.240 e. The van der Waals surface area contributed by atoms with Gasteiger partial charge in [0.2, 0.25) is 10.0 Å². The third-order valence-electron chi connectivity index (χ3n) is 2.70. The molecule has 0 amide bonds. The molecular weight excluding hydrogens is 262 g/mol. The van der Waals surface area contributed by atoms with E-state index in [2.05, 4.69) is 4.72 Å². The summed E-state index contributed by atoms with van der Waals surface area (Å²) in [4.78, 5) is 0.255. The van der Waals surface area contributed by atoms with Gasteiger partial charge >= 0.3 is 0 Å². The Hall–Kier alpha value is -1.85. The lowest BCUT2D eigenvalue weighted by Crippen LogP contribution is -2.23. The van der Waals surface area contributed by atoms with Gasteiger partial charge in [-0.15, -0.1) is 0 Å².